The molecule has 4 N–H and O–H groups in total. The van der Waals surface area contributed by atoms with E-state index in [1.54, 1.807) is 6.92 Å². The Kier molecular flexibility index (Phi) is 3.35. The average molecular weight is 258 g/mol. The van der Waals surface area contributed by atoms with Crippen LogP contribution < -0.4 is 0 Å². The van der Waals surface area contributed by atoms with E-state index in [-0.39, 0.29) is 0 Å². The maximum absolute atomic E-state index is 10.9. The van der Waals surface area contributed by atoms with Gasteiger partial charge in [-0.3, -0.25) is 0 Å². The van der Waals surface area contributed by atoms with Gasteiger partial charge in [0.1, 0.15) is 18.3 Å². The molecule has 18 heavy (non-hydrogen) atoms. The van der Waals surface area contributed by atoms with E-state index in [0.717, 1.165) is 5.56 Å². The summed E-state index contributed by atoms with van der Waals surface area (Å²) in [6.45, 7) is 1.76. The summed E-state index contributed by atoms with van der Waals surface area (Å²) in [7, 11) is 0. The van der Waals surface area contributed by atoms with Crippen molar-refractivity contribution in [2.45, 2.75) is 37.6 Å². The van der Waals surface area contributed by atoms with Gasteiger partial charge < -0.3 is 25.2 Å². The highest BCUT2D eigenvalue weighted by Crippen LogP contribution is 2.28. The van der Waals surface area contributed by atoms with E-state index in [4.69, 9.17) is 9.84 Å². The summed E-state index contributed by atoms with van der Waals surface area (Å²) in [5, 5.41) is 41.7. The van der Waals surface area contributed by atoms with Gasteiger partial charge in [0.2, 0.25) is 0 Å². The molecular weight excluding hydrogens is 244 g/mol. The molecule has 0 radical (unpaired) electrons. The normalized spacial score (nSPS) is 36.6. The van der Waals surface area contributed by atoms with Gasteiger partial charge in [0.05, 0.1) is 6.20 Å². The molecule has 2 rings (SSSR count). The summed E-state index contributed by atoms with van der Waals surface area (Å²) in [6, 6.07) is 0. The van der Waals surface area contributed by atoms with Gasteiger partial charge >= 0.3 is 5.97 Å². The molecule has 1 aliphatic heterocycles. The third-order valence-electron chi connectivity index (χ3n) is 2.82. The Morgan fingerprint density at radius 3 is 2.50 bits per heavy atom. The van der Waals surface area contributed by atoms with E-state index in [0.29, 0.717) is 0 Å². The van der Waals surface area contributed by atoms with E-state index in [1.807, 2.05) is 0 Å². The highest BCUT2D eigenvalue weighted by molar-refractivity contribution is 5.73. The highest BCUT2D eigenvalue weighted by atomic mass is 16.6. The molecule has 0 aliphatic carbocycles. The largest absolute Gasteiger partial charge is 0.479 e. The predicted molar refractivity (Wildman–Crippen MR) is 56.5 cm³/mol. The minimum absolute atomic E-state index is 0.790. The molecular formula is C10H14N2O6. The molecule has 2 heterocycles. The lowest BCUT2D eigenvalue weighted by Gasteiger charge is -2.38. The van der Waals surface area contributed by atoms with Gasteiger partial charge in [-0.1, -0.05) is 0 Å². The van der Waals surface area contributed by atoms with Crippen molar-refractivity contribution >= 4 is 5.97 Å². The fourth-order valence-corrected chi connectivity index (χ4v) is 1.86. The summed E-state index contributed by atoms with van der Waals surface area (Å²) < 4.78 is 6.30. The monoisotopic (exact) mass is 258 g/mol. The van der Waals surface area contributed by atoms with Crippen molar-refractivity contribution in [1.82, 2.24) is 9.78 Å². The van der Waals surface area contributed by atoms with Gasteiger partial charge in [-0.05, 0) is 12.5 Å². The van der Waals surface area contributed by atoms with E-state index >= 15 is 0 Å². The molecule has 0 unspecified atom stereocenters. The molecule has 100 valence electrons. The number of aliphatic carboxylic acids is 1. The Hall–Kier alpha value is -1.48. The minimum Gasteiger partial charge on any atom is -0.479 e. The van der Waals surface area contributed by atoms with Crippen LogP contribution in [0.1, 0.15) is 11.8 Å². The van der Waals surface area contributed by atoms with Crippen molar-refractivity contribution in [1.29, 1.82) is 0 Å². The molecule has 1 aliphatic rings. The molecule has 0 bridgehead atoms. The van der Waals surface area contributed by atoms with Crippen molar-refractivity contribution in [2.24, 2.45) is 0 Å². The zero-order valence-electron chi connectivity index (χ0n) is 9.54. The lowest BCUT2D eigenvalue weighted by molar-refractivity contribution is -0.249. The van der Waals surface area contributed by atoms with Crippen LogP contribution in [0.2, 0.25) is 0 Å². The van der Waals surface area contributed by atoms with Crippen LogP contribution in [0.25, 0.3) is 0 Å². The number of aryl methyl sites for hydroxylation is 1. The second kappa shape index (κ2) is 4.65. The van der Waals surface area contributed by atoms with Gasteiger partial charge in [-0.25, -0.2) is 9.48 Å². The van der Waals surface area contributed by atoms with Crippen LogP contribution in [0.3, 0.4) is 0 Å². The van der Waals surface area contributed by atoms with Gasteiger partial charge in [0.15, 0.2) is 12.3 Å². The summed E-state index contributed by atoms with van der Waals surface area (Å²) in [5.74, 6) is -1.41. The van der Waals surface area contributed by atoms with Gasteiger partial charge in [0, 0.05) is 6.20 Å². The average Bonchev–Trinajstić information content (AvgIpc) is 2.72. The van der Waals surface area contributed by atoms with E-state index in [1.165, 1.54) is 17.1 Å². The number of carboxylic acids is 1. The Labute approximate surface area is 102 Å². The first-order valence-electron chi connectivity index (χ1n) is 5.35. The number of carbonyl (C=O) groups is 1. The van der Waals surface area contributed by atoms with Crippen LogP contribution in [0.15, 0.2) is 12.4 Å². The number of ether oxygens (including phenoxy) is 1. The molecule has 1 fully saturated rings. The molecule has 8 heteroatoms. The van der Waals surface area contributed by atoms with Gasteiger partial charge in [0.25, 0.3) is 0 Å². The van der Waals surface area contributed by atoms with Gasteiger partial charge in [-0.15, -0.1) is 0 Å². The summed E-state index contributed by atoms with van der Waals surface area (Å²) in [4.78, 5) is 10.9. The van der Waals surface area contributed by atoms with Crippen molar-refractivity contribution in [3.8, 4) is 0 Å². The third kappa shape index (κ3) is 2.10. The topological polar surface area (TPSA) is 125 Å². The quantitative estimate of drug-likeness (QED) is 0.496. The van der Waals surface area contributed by atoms with Crippen LogP contribution in [0, 0.1) is 6.92 Å². The first-order chi connectivity index (χ1) is 8.41. The molecule has 8 nitrogen and oxygen atoms in total. The van der Waals surface area contributed by atoms with Crippen LogP contribution in [-0.2, 0) is 9.53 Å². The van der Waals surface area contributed by atoms with Crippen molar-refractivity contribution in [3.63, 3.8) is 0 Å². The van der Waals surface area contributed by atoms with Gasteiger partial charge in [-0.2, -0.15) is 5.10 Å². The predicted octanol–water partition coefficient (Wildman–Crippen LogP) is -1.74. The van der Waals surface area contributed by atoms with Crippen LogP contribution in [-0.4, -0.2) is 60.6 Å². The lowest BCUT2D eigenvalue weighted by atomic mass is 9.98. The number of aliphatic hydroxyl groups excluding tert-OH is 3. The highest BCUT2D eigenvalue weighted by Gasteiger charge is 2.47. The number of hydrogen-bond acceptors (Lipinski definition) is 6. The molecule has 1 aromatic heterocycles. The Balaban J connectivity index is 2.27. The standard InChI is InChI=1S/C10H14N2O6/c1-4-2-11-12(3-4)9-7(15)5(13)6(14)8(18-9)10(16)17/h2-3,5-9,13-15H,1H3,(H,16,17)/t5-,6-,7+,8-,9+/m0/s1. The van der Waals surface area contributed by atoms with Crippen LogP contribution in [0.5, 0.6) is 0 Å². The lowest BCUT2D eigenvalue weighted by Crippen LogP contribution is -2.57. The zero-order chi connectivity index (χ0) is 13.4. The maximum Gasteiger partial charge on any atom is 0.335 e. The van der Waals surface area contributed by atoms with Crippen molar-refractivity contribution in [3.05, 3.63) is 18.0 Å². The number of rotatable bonds is 2. The zero-order valence-corrected chi connectivity index (χ0v) is 9.54. The fourth-order valence-electron chi connectivity index (χ4n) is 1.86. The maximum atomic E-state index is 10.9. The summed E-state index contributed by atoms with van der Waals surface area (Å²) in [6.07, 6.45) is -4.49. The second-order valence-electron chi connectivity index (χ2n) is 4.25. The first-order valence-corrected chi connectivity index (χ1v) is 5.35. The molecule has 5 atom stereocenters. The van der Waals surface area contributed by atoms with E-state index in [9.17, 15) is 20.1 Å². The number of carboxylic acid groups (broad SMARTS) is 1. The van der Waals surface area contributed by atoms with Crippen LogP contribution >= 0.6 is 0 Å². The van der Waals surface area contributed by atoms with Crippen molar-refractivity contribution in [2.75, 3.05) is 0 Å². The van der Waals surface area contributed by atoms with E-state index in [2.05, 4.69) is 5.10 Å². The molecule has 0 spiro atoms. The first kappa shape index (κ1) is 13.0. The number of aromatic nitrogens is 2. The number of hydrogen-bond donors (Lipinski definition) is 4. The summed E-state index contributed by atoms with van der Waals surface area (Å²) >= 11 is 0. The minimum atomic E-state index is -1.69. The summed E-state index contributed by atoms with van der Waals surface area (Å²) in [5.41, 5.74) is 0.790. The Morgan fingerprint density at radius 2 is 2.00 bits per heavy atom. The van der Waals surface area contributed by atoms with Crippen molar-refractivity contribution < 1.29 is 30.0 Å². The smallest absolute Gasteiger partial charge is 0.335 e. The Morgan fingerprint density at radius 1 is 1.33 bits per heavy atom. The van der Waals surface area contributed by atoms with Crippen LogP contribution in [0.4, 0.5) is 0 Å². The molecule has 1 saturated heterocycles. The second-order valence-corrected chi connectivity index (χ2v) is 4.25. The SMILES string of the molecule is Cc1cnn([C@@H]2O[C@H](C(=O)O)[C@@H](O)[C@H](O)[C@H]2O)c1. The molecule has 0 aromatic carbocycles. The third-order valence-corrected chi connectivity index (χ3v) is 2.82. The van der Waals surface area contributed by atoms with E-state index < -0.39 is 36.6 Å². The number of aliphatic hydroxyl groups is 3. The number of nitrogens with zero attached hydrogens (tertiary/aromatic N) is 2. The fraction of sp³-hybridized carbons (Fsp3) is 0.600. The molecule has 1 aromatic rings. The Bertz CT molecular complexity index is 447. The molecule has 0 amide bonds. The molecule has 0 saturated carbocycles.